The van der Waals surface area contributed by atoms with E-state index in [9.17, 15) is 4.79 Å². The zero-order valence-corrected chi connectivity index (χ0v) is 20.1. The Hall–Kier alpha value is -4.39. The fraction of sp³-hybridized carbons (Fsp3) is 0.348. The quantitative estimate of drug-likeness (QED) is 0.436. The van der Waals surface area contributed by atoms with E-state index in [1.807, 2.05) is 38.2 Å². The molecule has 13 heteroatoms. The molecule has 1 atom stereocenters. The second-order valence-corrected chi connectivity index (χ2v) is 8.94. The van der Waals surface area contributed by atoms with Crippen LogP contribution in [0, 0.1) is 0 Å². The number of allylic oxidation sites excluding steroid dienone is 1. The van der Waals surface area contributed by atoms with E-state index in [-0.39, 0.29) is 12.0 Å². The number of carbonyl (C=O) groups excluding carboxylic acids is 1. The molecule has 6 rings (SSSR count). The number of aromatic nitrogens is 8. The molecule has 1 aromatic carbocycles. The van der Waals surface area contributed by atoms with Gasteiger partial charge >= 0.3 is 0 Å². The number of anilines is 3. The summed E-state index contributed by atoms with van der Waals surface area (Å²) in [5.74, 6) is 1.22. The minimum Gasteiger partial charge on any atom is -0.375 e. The minimum absolute atomic E-state index is 0.143. The summed E-state index contributed by atoms with van der Waals surface area (Å²) in [5, 5.41) is 23.1. The third-order valence-corrected chi connectivity index (χ3v) is 6.62. The number of carbonyl (C=O) groups is 1. The zero-order chi connectivity index (χ0) is 24.8. The van der Waals surface area contributed by atoms with Crippen LogP contribution in [0.2, 0.25) is 0 Å². The van der Waals surface area contributed by atoms with Gasteiger partial charge in [0, 0.05) is 43.0 Å². The smallest absolute Gasteiger partial charge is 0.255 e. The van der Waals surface area contributed by atoms with Crippen LogP contribution in [-0.4, -0.2) is 79.1 Å². The first-order chi connectivity index (χ1) is 17.5. The van der Waals surface area contributed by atoms with E-state index in [1.54, 1.807) is 15.9 Å². The lowest BCUT2D eigenvalue weighted by molar-refractivity contribution is -0.113. The average molecular weight is 488 g/mol. The van der Waals surface area contributed by atoms with Crippen molar-refractivity contribution in [3.8, 4) is 11.4 Å². The van der Waals surface area contributed by atoms with Crippen molar-refractivity contribution in [2.45, 2.75) is 26.5 Å². The van der Waals surface area contributed by atoms with Gasteiger partial charge in [0.05, 0.1) is 36.0 Å². The van der Waals surface area contributed by atoms with Crippen LogP contribution in [0.3, 0.4) is 0 Å². The minimum atomic E-state index is -0.212. The maximum absolute atomic E-state index is 13.2. The summed E-state index contributed by atoms with van der Waals surface area (Å²) in [6.45, 7) is 6.44. The van der Waals surface area contributed by atoms with Gasteiger partial charge in [-0.15, -0.1) is 0 Å². The molecule has 1 fully saturated rings. The van der Waals surface area contributed by atoms with Crippen molar-refractivity contribution in [3.63, 3.8) is 0 Å². The molecule has 0 saturated carbocycles. The molecule has 1 saturated heterocycles. The molecule has 0 aliphatic carbocycles. The maximum Gasteiger partial charge on any atom is 0.255 e. The predicted molar refractivity (Wildman–Crippen MR) is 132 cm³/mol. The Morgan fingerprint density at radius 2 is 2.14 bits per heavy atom. The number of fused-ring (bicyclic) bond motifs is 2. The highest BCUT2D eigenvalue weighted by atomic mass is 16.5. The van der Waals surface area contributed by atoms with Crippen LogP contribution in [0.25, 0.3) is 22.3 Å². The van der Waals surface area contributed by atoms with Crippen LogP contribution >= 0.6 is 0 Å². The fourth-order valence-corrected chi connectivity index (χ4v) is 4.56. The molecule has 4 aromatic rings. The maximum atomic E-state index is 13.2. The highest BCUT2D eigenvalue weighted by Crippen LogP contribution is 2.30. The summed E-state index contributed by atoms with van der Waals surface area (Å²) < 4.78 is 7.25. The van der Waals surface area contributed by atoms with E-state index in [4.69, 9.17) is 4.74 Å². The van der Waals surface area contributed by atoms with Gasteiger partial charge in [0.15, 0.2) is 0 Å². The van der Waals surface area contributed by atoms with Gasteiger partial charge < -0.3 is 19.9 Å². The Kier molecular flexibility index (Phi) is 5.33. The normalized spacial score (nSPS) is 18.0. The molecular formula is C23H25N11O2. The van der Waals surface area contributed by atoms with E-state index >= 15 is 0 Å². The summed E-state index contributed by atoms with van der Waals surface area (Å²) in [5.41, 5.74) is 4.27. The van der Waals surface area contributed by atoms with Gasteiger partial charge in [-0.25, -0.2) is 14.6 Å². The van der Waals surface area contributed by atoms with Gasteiger partial charge in [0.25, 0.3) is 5.91 Å². The molecule has 13 nitrogen and oxygen atoms in total. The molecule has 2 aliphatic rings. The van der Waals surface area contributed by atoms with Crippen molar-refractivity contribution in [1.29, 1.82) is 0 Å². The summed E-state index contributed by atoms with van der Waals surface area (Å²) in [4.78, 5) is 26.1. The van der Waals surface area contributed by atoms with E-state index in [2.05, 4.69) is 52.8 Å². The van der Waals surface area contributed by atoms with Crippen molar-refractivity contribution in [2.24, 2.45) is 0 Å². The van der Waals surface area contributed by atoms with Crippen molar-refractivity contribution in [3.05, 3.63) is 41.9 Å². The SMILES string of the molecule is CC1=C(C(=O)Nc2ccc3[nH]nc(-c4cc(N5CCO[C@H](C)C5)ncn4)c3c2)Cn2nnnc2N1C. The van der Waals surface area contributed by atoms with Crippen molar-refractivity contribution < 1.29 is 9.53 Å². The molecule has 0 unspecified atom stereocenters. The van der Waals surface area contributed by atoms with Gasteiger partial charge in [-0.2, -0.15) is 5.10 Å². The molecule has 3 aromatic heterocycles. The van der Waals surface area contributed by atoms with E-state index in [0.717, 1.165) is 35.5 Å². The first-order valence-electron chi connectivity index (χ1n) is 11.7. The standard InChI is InChI=1S/C23H25N11O2/c1-13-10-33(6-7-36-13)20-9-19(24-12-25-20)21-16-8-15(4-5-18(16)27-28-21)26-22(35)17-11-34-23(29-30-31-34)32(3)14(17)2/h4-5,8-9,12-13H,6-7,10-11H2,1-3H3,(H,26,35)(H,27,28)/t13-/m1/s1. The Labute approximate surface area is 206 Å². The first kappa shape index (κ1) is 22.1. The summed E-state index contributed by atoms with van der Waals surface area (Å²) in [7, 11) is 1.83. The molecule has 0 radical (unpaired) electrons. The lowest BCUT2D eigenvalue weighted by Gasteiger charge is -2.31. The summed E-state index contributed by atoms with van der Waals surface area (Å²) in [6.07, 6.45) is 1.70. The number of morpholine rings is 1. The van der Waals surface area contributed by atoms with Gasteiger partial charge in [0.2, 0.25) is 5.95 Å². The van der Waals surface area contributed by atoms with Gasteiger partial charge in [0.1, 0.15) is 17.8 Å². The molecule has 0 spiro atoms. The summed E-state index contributed by atoms with van der Waals surface area (Å²) in [6, 6.07) is 7.57. The number of nitrogens with one attached hydrogen (secondary N) is 2. The fourth-order valence-electron chi connectivity index (χ4n) is 4.56. The van der Waals surface area contributed by atoms with Crippen LogP contribution in [0.1, 0.15) is 13.8 Å². The third-order valence-electron chi connectivity index (χ3n) is 6.62. The van der Waals surface area contributed by atoms with Gasteiger partial charge in [-0.3, -0.25) is 9.89 Å². The second-order valence-electron chi connectivity index (χ2n) is 8.94. The van der Waals surface area contributed by atoms with Crippen LogP contribution in [0.4, 0.5) is 17.5 Å². The molecule has 184 valence electrons. The highest BCUT2D eigenvalue weighted by Gasteiger charge is 2.27. The topological polar surface area (TPSA) is 143 Å². The third kappa shape index (κ3) is 3.82. The number of hydrogen-bond acceptors (Lipinski definition) is 10. The van der Waals surface area contributed by atoms with Crippen LogP contribution < -0.4 is 15.1 Å². The lowest BCUT2D eigenvalue weighted by Crippen LogP contribution is -2.41. The number of nitrogens with zero attached hydrogens (tertiary/aromatic N) is 9. The number of rotatable bonds is 4. The van der Waals surface area contributed by atoms with Crippen molar-refractivity contribution in [2.75, 3.05) is 41.9 Å². The monoisotopic (exact) mass is 487 g/mol. The highest BCUT2D eigenvalue weighted by molar-refractivity contribution is 6.06. The molecular weight excluding hydrogens is 462 g/mol. The molecule has 0 bridgehead atoms. The van der Waals surface area contributed by atoms with Gasteiger partial charge in [-0.1, -0.05) is 5.10 Å². The van der Waals surface area contributed by atoms with Crippen molar-refractivity contribution in [1.82, 2.24) is 40.4 Å². The zero-order valence-electron chi connectivity index (χ0n) is 20.1. The second kappa shape index (κ2) is 8.68. The molecule has 5 heterocycles. The number of ether oxygens (including phenoxy) is 1. The van der Waals surface area contributed by atoms with E-state index in [1.165, 1.54) is 0 Å². The Morgan fingerprint density at radius 1 is 1.25 bits per heavy atom. The Balaban J connectivity index is 1.28. The van der Waals surface area contributed by atoms with Gasteiger partial charge in [-0.05, 0) is 42.5 Å². The summed E-state index contributed by atoms with van der Waals surface area (Å²) >= 11 is 0. The van der Waals surface area contributed by atoms with E-state index in [0.29, 0.717) is 41.7 Å². The molecule has 36 heavy (non-hydrogen) atoms. The van der Waals surface area contributed by atoms with Crippen LogP contribution in [0.5, 0.6) is 0 Å². The van der Waals surface area contributed by atoms with Crippen molar-refractivity contribution >= 4 is 34.3 Å². The number of H-pyrrole nitrogens is 1. The largest absolute Gasteiger partial charge is 0.375 e. The number of tetrazole rings is 1. The number of aromatic amines is 1. The van der Waals surface area contributed by atoms with Crippen LogP contribution in [-0.2, 0) is 16.1 Å². The average Bonchev–Trinajstić information content (AvgIpc) is 3.53. The predicted octanol–water partition coefficient (Wildman–Crippen LogP) is 1.59. The number of benzene rings is 1. The molecule has 2 aliphatic heterocycles. The molecule has 1 amide bonds. The number of amides is 1. The Bertz CT molecular complexity index is 1490. The van der Waals surface area contributed by atoms with Crippen LogP contribution in [0.15, 0.2) is 41.9 Å². The molecule has 2 N–H and O–H groups in total. The Morgan fingerprint density at radius 3 is 3.00 bits per heavy atom. The number of hydrogen-bond donors (Lipinski definition) is 2. The first-order valence-corrected chi connectivity index (χ1v) is 11.7. The lowest BCUT2D eigenvalue weighted by atomic mass is 10.1. The van der Waals surface area contributed by atoms with E-state index < -0.39 is 0 Å².